The molecule has 24 heavy (non-hydrogen) atoms. The van der Waals surface area contributed by atoms with Crippen molar-refractivity contribution in [2.75, 3.05) is 0 Å². The van der Waals surface area contributed by atoms with Gasteiger partial charge in [0.2, 0.25) is 0 Å². The van der Waals surface area contributed by atoms with Crippen LogP contribution in [0, 0.1) is 0 Å². The topological polar surface area (TPSA) is 17.8 Å². The van der Waals surface area contributed by atoms with Gasteiger partial charge < -0.3 is 0 Å². The molecule has 0 bridgehead atoms. The summed E-state index contributed by atoms with van der Waals surface area (Å²) in [7, 11) is 0. The van der Waals surface area contributed by atoms with Crippen LogP contribution in [0.1, 0.15) is 5.56 Å². The van der Waals surface area contributed by atoms with Crippen LogP contribution in [0.15, 0.2) is 65.6 Å². The highest BCUT2D eigenvalue weighted by atomic mass is 32.1. The molecular weight excluding hydrogens is 333 g/mol. The van der Waals surface area contributed by atoms with Crippen molar-refractivity contribution >= 4 is 22.4 Å². The molecule has 0 atom stereocenters. The van der Waals surface area contributed by atoms with Gasteiger partial charge in [0.05, 0.1) is 16.6 Å². The molecule has 0 spiro atoms. The van der Waals surface area contributed by atoms with Gasteiger partial charge in [0.15, 0.2) is 0 Å². The van der Waals surface area contributed by atoms with Crippen LogP contribution in [0.5, 0.6) is 0 Å². The molecular formula is C18H11F3N2S. The lowest BCUT2D eigenvalue weighted by atomic mass is 10.1. The Labute approximate surface area is 139 Å². The summed E-state index contributed by atoms with van der Waals surface area (Å²) in [6, 6.07) is 13.5. The van der Waals surface area contributed by atoms with Crippen molar-refractivity contribution in [2.24, 2.45) is 0 Å². The monoisotopic (exact) mass is 344 g/mol. The molecule has 2 heterocycles. The summed E-state index contributed by atoms with van der Waals surface area (Å²) < 4.78 is 40.3. The van der Waals surface area contributed by atoms with Crippen LogP contribution in [-0.4, -0.2) is 9.55 Å². The highest BCUT2D eigenvalue weighted by Crippen LogP contribution is 2.32. The fourth-order valence-corrected chi connectivity index (χ4v) is 3.32. The predicted octanol–water partition coefficient (Wildman–Crippen LogP) is 5.77. The van der Waals surface area contributed by atoms with Gasteiger partial charge in [-0.05, 0) is 58.3 Å². The van der Waals surface area contributed by atoms with E-state index in [0.717, 1.165) is 28.9 Å². The fraction of sp³-hybridized carbons (Fsp3) is 0.0556. The molecule has 4 rings (SSSR count). The van der Waals surface area contributed by atoms with Gasteiger partial charge in [-0.2, -0.15) is 24.5 Å². The minimum atomic E-state index is -4.36. The molecule has 2 aromatic heterocycles. The first kappa shape index (κ1) is 15.0. The van der Waals surface area contributed by atoms with E-state index in [9.17, 15) is 13.2 Å². The zero-order valence-corrected chi connectivity index (χ0v) is 13.1. The van der Waals surface area contributed by atoms with Crippen LogP contribution >= 0.6 is 11.3 Å². The predicted molar refractivity (Wildman–Crippen MR) is 89.4 cm³/mol. The lowest BCUT2D eigenvalue weighted by Crippen LogP contribution is -2.04. The number of imidazole rings is 1. The molecule has 0 aliphatic heterocycles. The SMILES string of the molecule is FC(F)(F)c1ccc2c(c1)ncn2-c1cccc(-c2ccsc2)c1. The lowest BCUT2D eigenvalue weighted by Gasteiger charge is -2.08. The molecule has 120 valence electrons. The average molecular weight is 344 g/mol. The van der Waals surface area contributed by atoms with Crippen molar-refractivity contribution in [2.45, 2.75) is 6.18 Å². The quantitative estimate of drug-likeness (QED) is 0.451. The number of hydrogen-bond acceptors (Lipinski definition) is 2. The Morgan fingerprint density at radius 2 is 1.83 bits per heavy atom. The number of thiophene rings is 1. The van der Waals surface area contributed by atoms with Crippen LogP contribution < -0.4 is 0 Å². The second-order valence-electron chi connectivity index (χ2n) is 5.38. The third-order valence-corrected chi connectivity index (χ3v) is 4.54. The summed E-state index contributed by atoms with van der Waals surface area (Å²) in [5, 5.41) is 4.06. The van der Waals surface area contributed by atoms with Crippen molar-refractivity contribution in [3.63, 3.8) is 0 Å². The zero-order valence-electron chi connectivity index (χ0n) is 12.3. The van der Waals surface area contributed by atoms with Crippen molar-refractivity contribution in [1.29, 1.82) is 0 Å². The molecule has 2 aromatic carbocycles. The minimum Gasteiger partial charge on any atom is -0.299 e. The fourth-order valence-electron chi connectivity index (χ4n) is 2.66. The number of benzene rings is 2. The molecule has 0 fully saturated rings. The van der Waals surface area contributed by atoms with Crippen LogP contribution in [-0.2, 0) is 6.18 Å². The molecule has 0 amide bonds. The van der Waals surface area contributed by atoms with E-state index in [2.05, 4.69) is 10.4 Å². The van der Waals surface area contributed by atoms with Crippen LogP contribution in [0.4, 0.5) is 13.2 Å². The van der Waals surface area contributed by atoms with E-state index in [4.69, 9.17) is 0 Å². The second-order valence-corrected chi connectivity index (χ2v) is 6.16. The third kappa shape index (κ3) is 2.59. The molecule has 0 unspecified atom stereocenters. The van der Waals surface area contributed by atoms with E-state index in [-0.39, 0.29) is 0 Å². The largest absolute Gasteiger partial charge is 0.416 e. The van der Waals surface area contributed by atoms with Crippen LogP contribution in [0.25, 0.3) is 27.8 Å². The molecule has 0 aliphatic carbocycles. The first-order chi connectivity index (χ1) is 11.5. The smallest absolute Gasteiger partial charge is 0.299 e. The normalized spacial score (nSPS) is 12.0. The maximum Gasteiger partial charge on any atom is 0.416 e. The van der Waals surface area contributed by atoms with Gasteiger partial charge >= 0.3 is 6.18 Å². The van der Waals surface area contributed by atoms with E-state index in [1.807, 2.05) is 35.7 Å². The Morgan fingerprint density at radius 1 is 0.958 bits per heavy atom. The molecule has 0 radical (unpaired) electrons. The number of aromatic nitrogens is 2. The molecule has 4 aromatic rings. The first-order valence-electron chi connectivity index (χ1n) is 7.20. The van der Waals surface area contributed by atoms with Crippen LogP contribution in [0.3, 0.4) is 0 Å². The van der Waals surface area contributed by atoms with Gasteiger partial charge in [-0.3, -0.25) is 4.57 Å². The number of halogens is 3. The molecule has 2 nitrogen and oxygen atoms in total. The lowest BCUT2D eigenvalue weighted by molar-refractivity contribution is -0.137. The summed E-state index contributed by atoms with van der Waals surface area (Å²) in [6.45, 7) is 0. The number of fused-ring (bicyclic) bond motifs is 1. The third-order valence-electron chi connectivity index (χ3n) is 3.85. The average Bonchev–Trinajstić information content (AvgIpc) is 3.23. The van der Waals surface area contributed by atoms with Crippen molar-refractivity contribution in [3.05, 3.63) is 71.2 Å². The summed E-state index contributed by atoms with van der Waals surface area (Å²) in [4.78, 5) is 4.13. The van der Waals surface area contributed by atoms with Gasteiger partial charge in [0.25, 0.3) is 0 Å². The second kappa shape index (κ2) is 5.49. The van der Waals surface area contributed by atoms with E-state index in [1.165, 1.54) is 6.07 Å². The maximum atomic E-state index is 12.8. The number of hydrogen-bond donors (Lipinski definition) is 0. The molecule has 0 aliphatic rings. The molecule has 0 N–H and O–H groups in total. The van der Waals surface area contributed by atoms with Crippen molar-refractivity contribution in [3.8, 4) is 16.8 Å². The highest BCUT2D eigenvalue weighted by molar-refractivity contribution is 7.08. The Balaban J connectivity index is 1.81. The van der Waals surface area contributed by atoms with E-state index < -0.39 is 11.7 Å². The number of rotatable bonds is 2. The zero-order chi connectivity index (χ0) is 16.7. The molecule has 0 saturated carbocycles. The Hall–Kier alpha value is -2.60. The molecule has 0 saturated heterocycles. The number of alkyl halides is 3. The molecule has 6 heteroatoms. The first-order valence-corrected chi connectivity index (χ1v) is 8.14. The maximum absolute atomic E-state index is 12.8. The Morgan fingerprint density at radius 3 is 2.58 bits per heavy atom. The van der Waals surface area contributed by atoms with Gasteiger partial charge in [-0.1, -0.05) is 12.1 Å². The summed E-state index contributed by atoms with van der Waals surface area (Å²) >= 11 is 1.62. The van der Waals surface area contributed by atoms with Gasteiger partial charge in [0.1, 0.15) is 6.33 Å². The summed E-state index contributed by atoms with van der Waals surface area (Å²) in [6.07, 6.45) is -2.81. The minimum absolute atomic E-state index is 0.325. The van der Waals surface area contributed by atoms with E-state index >= 15 is 0 Å². The summed E-state index contributed by atoms with van der Waals surface area (Å²) in [5.74, 6) is 0. The summed E-state index contributed by atoms with van der Waals surface area (Å²) in [5.41, 5.74) is 3.32. The van der Waals surface area contributed by atoms with Crippen molar-refractivity contribution in [1.82, 2.24) is 9.55 Å². The van der Waals surface area contributed by atoms with Gasteiger partial charge in [-0.25, -0.2) is 4.98 Å². The Kier molecular flexibility index (Phi) is 3.42. The Bertz CT molecular complexity index is 1000. The highest BCUT2D eigenvalue weighted by Gasteiger charge is 2.30. The van der Waals surface area contributed by atoms with Crippen LogP contribution in [0.2, 0.25) is 0 Å². The van der Waals surface area contributed by atoms with Gasteiger partial charge in [-0.15, -0.1) is 0 Å². The standard InChI is InChI=1S/C18H11F3N2S/c19-18(20,21)14-4-5-17-16(9-14)22-11-23(17)15-3-1-2-12(8-15)13-6-7-24-10-13/h1-11H. The van der Waals surface area contributed by atoms with Crippen molar-refractivity contribution < 1.29 is 13.2 Å². The van der Waals surface area contributed by atoms with E-state index in [1.54, 1.807) is 22.2 Å². The van der Waals surface area contributed by atoms with Gasteiger partial charge in [0, 0.05) is 5.69 Å². The van der Waals surface area contributed by atoms with E-state index in [0.29, 0.717) is 11.0 Å². The number of nitrogens with zero attached hydrogens (tertiary/aromatic N) is 2.